The Balaban J connectivity index is 2.66. The number of hydrogen-bond acceptors (Lipinski definition) is 2. The second-order valence-electron chi connectivity index (χ2n) is 4.48. The summed E-state index contributed by atoms with van der Waals surface area (Å²) in [5, 5.41) is 12.8. The lowest BCUT2D eigenvalue weighted by Gasteiger charge is -2.19. The first-order valence-electron chi connectivity index (χ1n) is 5.78. The van der Waals surface area contributed by atoms with Gasteiger partial charge in [0.2, 0.25) is 0 Å². The van der Waals surface area contributed by atoms with Crippen molar-refractivity contribution in [3.63, 3.8) is 0 Å². The largest absolute Gasteiger partial charge is 0.387 e. The van der Waals surface area contributed by atoms with Crippen LogP contribution in [0, 0.1) is 29.9 Å². The highest BCUT2D eigenvalue weighted by molar-refractivity contribution is 5.21. The maximum absolute atomic E-state index is 13.4. The molecule has 1 aromatic carbocycles. The molecule has 2 unspecified atom stereocenters. The fraction of sp³-hybridized carbons (Fsp3) is 0.429. The zero-order valence-corrected chi connectivity index (χ0v) is 10.5. The van der Waals surface area contributed by atoms with E-state index in [9.17, 15) is 13.9 Å². The molecule has 1 rings (SSSR count). The standard InChI is InChI=1S/C14H17F2NO/c1-4-13(9(2)3)17-8-14(18)11-6-5-10(15)7-12(11)16/h1,5-7,9,13-14,17-18H,8H2,2-3H3. The Kier molecular flexibility index (Phi) is 5.26. The molecule has 0 aliphatic carbocycles. The minimum atomic E-state index is -1.06. The van der Waals surface area contributed by atoms with Gasteiger partial charge < -0.3 is 10.4 Å². The monoisotopic (exact) mass is 253 g/mol. The van der Waals surface area contributed by atoms with Gasteiger partial charge in [0, 0.05) is 18.2 Å². The number of hydrogen-bond donors (Lipinski definition) is 2. The summed E-state index contributed by atoms with van der Waals surface area (Å²) in [5.41, 5.74) is 0.0587. The van der Waals surface area contributed by atoms with Crippen LogP contribution in [0.4, 0.5) is 8.78 Å². The molecule has 1 aromatic rings. The second-order valence-corrected chi connectivity index (χ2v) is 4.48. The number of aliphatic hydroxyl groups is 1. The van der Waals surface area contributed by atoms with Crippen LogP contribution in [0.15, 0.2) is 18.2 Å². The van der Waals surface area contributed by atoms with Crippen LogP contribution >= 0.6 is 0 Å². The van der Waals surface area contributed by atoms with Crippen molar-refractivity contribution in [3.8, 4) is 12.3 Å². The van der Waals surface area contributed by atoms with E-state index in [1.807, 2.05) is 13.8 Å². The first-order valence-corrected chi connectivity index (χ1v) is 5.78. The van der Waals surface area contributed by atoms with Crippen LogP contribution in [-0.2, 0) is 0 Å². The Labute approximate surface area is 106 Å². The van der Waals surface area contributed by atoms with Gasteiger partial charge in [0.25, 0.3) is 0 Å². The van der Waals surface area contributed by atoms with Gasteiger partial charge in [0.1, 0.15) is 11.6 Å². The summed E-state index contributed by atoms with van der Waals surface area (Å²) < 4.78 is 26.1. The average molecular weight is 253 g/mol. The molecule has 0 radical (unpaired) electrons. The molecule has 0 saturated heterocycles. The predicted octanol–water partition coefficient (Wildman–Crippen LogP) is 2.25. The third-order valence-corrected chi connectivity index (χ3v) is 2.70. The molecule has 2 atom stereocenters. The van der Waals surface area contributed by atoms with Crippen LogP contribution in [-0.4, -0.2) is 17.7 Å². The lowest BCUT2D eigenvalue weighted by atomic mass is 10.0. The van der Waals surface area contributed by atoms with E-state index in [-0.39, 0.29) is 24.1 Å². The van der Waals surface area contributed by atoms with Gasteiger partial charge in [0.05, 0.1) is 12.1 Å². The molecule has 0 aromatic heterocycles. The molecule has 0 spiro atoms. The summed E-state index contributed by atoms with van der Waals surface area (Å²) in [6.45, 7) is 4.01. The molecule has 2 N–H and O–H groups in total. The molecule has 0 bridgehead atoms. The maximum Gasteiger partial charge on any atom is 0.131 e. The van der Waals surface area contributed by atoms with Crippen molar-refractivity contribution in [1.82, 2.24) is 5.32 Å². The normalized spacial score (nSPS) is 14.3. The molecular weight excluding hydrogens is 236 g/mol. The Morgan fingerprint density at radius 3 is 2.56 bits per heavy atom. The molecular formula is C14H17F2NO. The van der Waals surface area contributed by atoms with Crippen molar-refractivity contribution in [2.75, 3.05) is 6.54 Å². The molecule has 98 valence electrons. The second kappa shape index (κ2) is 6.48. The predicted molar refractivity (Wildman–Crippen MR) is 66.8 cm³/mol. The Morgan fingerprint density at radius 1 is 1.39 bits per heavy atom. The van der Waals surface area contributed by atoms with E-state index in [0.717, 1.165) is 12.1 Å². The molecule has 2 nitrogen and oxygen atoms in total. The molecule has 0 fully saturated rings. The smallest absolute Gasteiger partial charge is 0.131 e. The molecule has 0 aliphatic heterocycles. The van der Waals surface area contributed by atoms with Gasteiger partial charge in [-0.2, -0.15) is 0 Å². The summed E-state index contributed by atoms with van der Waals surface area (Å²) in [5.74, 6) is 1.34. The van der Waals surface area contributed by atoms with Gasteiger partial charge in [-0.15, -0.1) is 6.42 Å². The van der Waals surface area contributed by atoms with Crippen molar-refractivity contribution in [2.24, 2.45) is 5.92 Å². The van der Waals surface area contributed by atoms with Crippen LogP contribution in [0.5, 0.6) is 0 Å². The van der Waals surface area contributed by atoms with E-state index in [1.54, 1.807) is 0 Å². The van der Waals surface area contributed by atoms with Crippen LogP contribution in [0.2, 0.25) is 0 Å². The topological polar surface area (TPSA) is 32.3 Å². The average Bonchev–Trinajstić information content (AvgIpc) is 2.28. The summed E-state index contributed by atoms with van der Waals surface area (Å²) >= 11 is 0. The number of terminal acetylenes is 1. The van der Waals surface area contributed by atoms with Crippen LogP contribution in [0.3, 0.4) is 0 Å². The highest BCUT2D eigenvalue weighted by Crippen LogP contribution is 2.17. The van der Waals surface area contributed by atoms with E-state index in [2.05, 4.69) is 11.2 Å². The Morgan fingerprint density at radius 2 is 2.06 bits per heavy atom. The number of rotatable bonds is 5. The van der Waals surface area contributed by atoms with E-state index >= 15 is 0 Å². The van der Waals surface area contributed by atoms with Crippen LogP contribution in [0.1, 0.15) is 25.5 Å². The quantitative estimate of drug-likeness (QED) is 0.789. The van der Waals surface area contributed by atoms with Crippen molar-refractivity contribution in [3.05, 3.63) is 35.4 Å². The number of benzene rings is 1. The van der Waals surface area contributed by atoms with Gasteiger partial charge in [0.15, 0.2) is 0 Å². The van der Waals surface area contributed by atoms with Gasteiger partial charge in [-0.05, 0) is 12.0 Å². The minimum absolute atomic E-state index is 0.0587. The molecule has 18 heavy (non-hydrogen) atoms. The van der Waals surface area contributed by atoms with E-state index < -0.39 is 17.7 Å². The molecule has 4 heteroatoms. The summed E-state index contributed by atoms with van der Waals surface area (Å²) in [6.07, 6.45) is 4.28. The zero-order chi connectivity index (χ0) is 13.7. The highest BCUT2D eigenvalue weighted by atomic mass is 19.1. The van der Waals surface area contributed by atoms with Crippen molar-refractivity contribution >= 4 is 0 Å². The van der Waals surface area contributed by atoms with E-state index in [0.29, 0.717) is 0 Å². The SMILES string of the molecule is C#CC(NCC(O)c1ccc(F)cc1F)C(C)C. The van der Waals surface area contributed by atoms with Gasteiger partial charge in [-0.25, -0.2) is 8.78 Å². The number of aliphatic hydroxyl groups excluding tert-OH is 1. The van der Waals surface area contributed by atoms with Crippen LogP contribution < -0.4 is 5.32 Å². The van der Waals surface area contributed by atoms with E-state index in [1.165, 1.54) is 6.07 Å². The molecule has 0 saturated carbocycles. The minimum Gasteiger partial charge on any atom is -0.387 e. The Hall–Kier alpha value is -1.44. The lowest BCUT2D eigenvalue weighted by Crippen LogP contribution is -2.35. The highest BCUT2D eigenvalue weighted by Gasteiger charge is 2.16. The van der Waals surface area contributed by atoms with Crippen molar-refractivity contribution in [2.45, 2.75) is 26.0 Å². The molecule has 0 heterocycles. The van der Waals surface area contributed by atoms with Gasteiger partial charge in [-0.3, -0.25) is 0 Å². The van der Waals surface area contributed by atoms with E-state index in [4.69, 9.17) is 6.42 Å². The summed E-state index contributed by atoms with van der Waals surface area (Å²) in [6, 6.07) is 2.91. The zero-order valence-electron chi connectivity index (χ0n) is 10.5. The van der Waals surface area contributed by atoms with Gasteiger partial charge in [-0.1, -0.05) is 25.8 Å². The summed E-state index contributed by atoms with van der Waals surface area (Å²) in [7, 11) is 0. The first-order chi connectivity index (χ1) is 8.45. The maximum atomic E-state index is 13.4. The lowest BCUT2D eigenvalue weighted by molar-refractivity contribution is 0.165. The van der Waals surface area contributed by atoms with Crippen molar-refractivity contribution in [1.29, 1.82) is 0 Å². The fourth-order valence-corrected chi connectivity index (χ4v) is 1.61. The Bertz CT molecular complexity index is 440. The third-order valence-electron chi connectivity index (χ3n) is 2.70. The number of halogens is 2. The molecule has 0 amide bonds. The third kappa shape index (κ3) is 3.80. The first kappa shape index (κ1) is 14.6. The van der Waals surface area contributed by atoms with Crippen LogP contribution in [0.25, 0.3) is 0 Å². The number of nitrogens with one attached hydrogen (secondary N) is 1. The van der Waals surface area contributed by atoms with Crippen molar-refractivity contribution < 1.29 is 13.9 Å². The fourth-order valence-electron chi connectivity index (χ4n) is 1.61. The van der Waals surface area contributed by atoms with Gasteiger partial charge >= 0.3 is 0 Å². The molecule has 0 aliphatic rings. The summed E-state index contributed by atoms with van der Waals surface area (Å²) in [4.78, 5) is 0.